The van der Waals surface area contributed by atoms with Crippen molar-refractivity contribution < 1.29 is 5.11 Å². The van der Waals surface area contributed by atoms with E-state index in [4.69, 9.17) is 11.6 Å². The summed E-state index contributed by atoms with van der Waals surface area (Å²) in [6, 6.07) is 0. The fourth-order valence-corrected chi connectivity index (χ4v) is 1.78. The molecule has 1 aliphatic carbocycles. The van der Waals surface area contributed by atoms with Gasteiger partial charge in [-0.1, -0.05) is 11.6 Å². The fraction of sp³-hybridized carbons (Fsp3) is 0.667. The molecule has 3 nitrogen and oxygen atoms in total. The van der Waals surface area contributed by atoms with Crippen molar-refractivity contribution in [3.63, 3.8) is 0 Å². The number of aliphatic hydroxyl groups is 1. The van der Waals surface area contributed by atoms with E-state index in [1.807, 2.05) is 11.6 Å². The molecule has 2 rings (SSSR count). The molecular formula is C9H13ClN2O. The Hall–Kier alpha value is -0.540. The van der Waals surface area contributed by atoms with Crippen LogP contribution in [0, 0.1) is 5.92 Å². The summed E-state index contributed by atoms with van der Waals surface area (Å²) in [6.07, 6.45) is 4.40. The van der Waals surface area contributed by atoms with Gasteiger partial charge in [0.2, 0.25) is 0 Å². The molecule has 1 aliphatic rings. The van der Waals surface area contributed by atoms with Gasteiger partial charge in [-0.3, -0.25) is 0 Å². The molecule has 1 fully saturated rings. The average molecular weight is 201 g/mol. The van der Waals surface area contributed by atoms with Crippen LogP contribution < -0.4 is 0 Å². The van der Waals surface area contributed by atoms with E-state index >= 15 is 0 Å². The highest BCUT2D eigenvalue weighted by atomic mass is 35.5. The molecule has 0 aromatic carbocycles. The van der Waals surface area contributed by atoms with Crippen LogP contribution in [-0.4, -0.2) is 20.8 Å². The first-order valence-corrected chi connectivity index (χ1v) is 4.90. The maximum absolute atomic E-state index is 9.40. The van der Waals surface area contributed by atoms with Crippen molar-refractivity contribution in [2.45, 2.75) is 25.4 Å². The largest absolute Gasteiger partial charge is 0.393 e. The predicted octanol–water partition coefficient (Wildman–Crippen LogP) is 1.39. The highest BCUT2D eigenvalue weighted by Crippen LogP contribution is 2.30. The third kappa shape index (κ3) is 1.58. The first-order valence-electron chi connectivity index (χ1n) is 4.52. The van der Waals surface area contributed by atoms with E-state index in [1.54, 1.807) is 6.20 Å². The van der Waals surface area contributed by atoms with Gasteiger partial charge in [-0.15, -0.1) is 0 Å². The van der Waals surface area contributed by atoms with Crippen LogP contribution in [0.4, 0.5) is 0 Å². The van der Waals surface area contributed by atoms with E-state index < -0.39 is 0 Å². The van der Waals surface area contributed by atoms with Gasteiger partial charge in [0.05, 0.1) is 12.3 Å². The molecule has 0 bridgehead atoms. The second-order valence-electron chi connectivity index (χ2n) is 3.67. The maximum atomic E-state index is 9.40. The van der Waals surface area contributed by atoms with E-state index in [0.717, 1.165) is 25.1 Å². The van der Waals surface area contributed by atoms with Gasteiger partial charge in [0.1, 0.15) is 11.0 Å². The van der Waals surface area contributed by atoms with Gasteiger partial charge in [-0.2, -0.15) is 0 Å². The van der Waals surface area contributed by atoms with Gasteiger partial charge in [-0.25, -0.2) is 4.98 Å². The number of nitrogens with zero attached hydrogens (tertiary/aromatic N) is 2. The monoisotopic (exact) mass is 200 g/mol. The molecule has 2 atom stereocenters. The summed E-state index contributed by atoms with van der Waals surface area (Å²) >= 11 is 5.85. The number of aromatic nitrogens is 2. The standard InChI is InChI=1S/C9H13ClN2O/c1-12-8(10)5-11-9(12)4-6-2-3-7(6)13/h5-7,13H,2-4H2,1H3. The zero-order valence-electron chi connectivity index (χ0n) is 7.57. The van der Waals surface area contributed by atoms with Crippen molar-refractivity contribution in [1.82, 2.24) is 9.55 Å². The van der Waals surface area contributed by atoms with Crippen molar-refractivity contribution in [2.75, 3.05) is 0 Å². The molecule has 1 N–H and O–H groups in total. The third-order valence-corrected chi connectivity index (χ3v) is 3.20. The lowest BCUT2D eigenvalue weighted by Crippen LogP contribution is -2.33. The van der Waals surface area contributed by atoms with E-state index in [2.05, 4.69) is 4.98 Å². The molecule has 0 aliphatic heterocycles. The van der Waals surface area contributed by atoms with Gasteiger partial charge in [0.15, 0.2) is 0 Å². The first-order chi connectivity index (χ1) is 6.18. The molecule has 4 heteroatoms. The predicted molar refractivity (Wildman–Crippen MR) is 50.7 cm³/mol. The zero-order valence-corrected chi connectivity index (χ0v) is 8.33. The Morgan fingerprint density at radius 1 is 1.69 bits per heavy atom. The summed E-state index contributed by atoms with van der Waals surface area (Å²) in [7, 11) is 1.90. The number of halogens is 1. The smallest absolute Gasteiger partial charge is 0.128 e. The Morgan fingerprint density at radius 3 is 2.85 bits per heavy atom. The molecule has 1 heterocycles. The quantitative estimate of drug-likeness (QED) is 0.784. The molecule has 13 heavy (non-hydrogen) atoms. The Labute approximate surface area is 82.4 Å². The number of imidazole rings is 1. The molecule has 0 radical (unpaired) electrons. The summed E-state index contributed by atoms with van der Waals surface area (Å²) in [6.45, 7) is 0. The molecule has 72 valence electrons. The Balaban J connectivity index is 2.05. The molecule has 0 spiro atoms. The van der Waals surface area contributed by atoms with Crippen molar-refractivity contribution in [1.29, 1.82) is 0 Å². The summed E-state index contributed by atoms with van der Waals surface area (Å²) in [4.78, 5) is 4.19. The van der Waals surface area contributed by atoms with Gasteiger partial charge >= 0.3 is 0 Å². The third-order valence-electron chi connectivity index (χ3n) is 2.85. The molecule has 0 saturated heterocycles. The SMILES string of the molecule is Cn1c(Cl)cnc1CC1CCC1O. The summed E-state index contributed by atoms with van der Waals surface area (Å²) in [5, 5.41) is 10.1. The fourth-order valence-electron chi connectivity index (χ4n) is 1.64. The van der Waals surface area contributed by atoms with Crippen LogP contribution in [0.5, 0.6) is 0 Å². The molecule has 1 aromatic heterocycles. The minimum Gasteiger partial charge on any atom is -0.393 e. The van der Waals surface area contributed by atoms with Crippen LogP contribution in [0.15, 0.2) is 6.20 Å². The highest BCUT2D eigenvalue weighted by Gasteiger charge is 2.29. The van der Waals surface area contributed by atoms with Crippen molar-refractivity contribution in [3.8, 4) is 0 Å². The Morgan fingerprint density at radius 2 is 2.46 bits per heavy atom. The summed E-state index contributed by atoms with van der Waals surface area (Å²) in [5.41, 5.74) is 0. The van der Waals surface area contributed by atoms with Crippen LogP contribution in [-0.2, 0) is 13.5 Å². The molecule has 0 amide bonds. The number of hydrogen-bond acceptors (Lipinski definition) is 2. The normalized spacial score (nSPS) is 27.3. The highest BCUT2D eigenvalue weighted by molar-refractivity contribution is 6.29. The Kier molecular flexibility index (Phi) is 2.30. The zero-order chi connectivity index (χ0) is 9.42. The van der Waals surface area contributed by atoms with E-state index in [0.29, 0.717) is 11.1 Å². The van der Waals surface area contributed by atoms with Crippen molar-refractivity contribution in [2.24, 2.45) is 13.0 Å². The Bertz CT molecular complexity index is 311. The molecule has 2 unspecified atom stereocenters. The van der Waals surface area contributed by atoms with Crippen LogP contribution in [0.1, 0.15) is 18.7 Å². The van der Waals surface area contributed by atoms with Crippen LogP contribution in [0.25, 0.3) is 0 Å². The molecular weight excluding hydrogens is 188 g/mol. The van der Waals surface area contributed by atoms with E-state index in [-0.39, 0.29) is 6.10 Å². The van der Waals surface area contributed by atoms with Crippen molar-refractivity contribution in [3.05, 3.63) is 17.2 Å². The summed E-state index contributed by atoms with van der Waals surface area (Å²) in [5.74, 6) is 1.35. The molecule has 1 saturated carbocycles. The maximum Gasteiger partial charge on any atom is 0.128 e. The first kappa shape index (κ1) is 9.03. The molecule has 1 aromatic rings. The number of aliphatic hydroxyl groups excluding tert-OH is 1. The van der Waals surface area contributed by atoms with Gasteiger partial charge in [0.25, 0.3) is 0 Å². The number of rotatable bonds is 2. The van der Waals surface area contributed by atoms with Crippen LogP contribution >= 0.6 is 11.6 Å². The second kappa shape index (κ2) is 3.31. The van der Waals surface area contributed by atoms with Gasteiger partial charge in [-0.05, 0) is 18.8 Å². The lowest BCUT2D eigenvalue weighted by molar-refractivity contribution is 0.0230. The topological polar surface area (TPSA) is 38.0 Å². The average Bonchev–Trinajstić information content (AvgIpc) is 2.42. The van der Waals surface area contributed by atoms with Crippen molar-refractivity contribution >= 4 is 11.6 Å². The summed E-state index contributed by atoms with van der Waals surface area (Å²) < 4.78 is 1.87. The lowest BCUT2D eigenvalue weighted by Gasteiger charge is -2.31. The van der Waals surface area contributed by atoms with E-state index in [9.17, 15) is 5.11 Å². The minimum absolute atomic E-state index is 0.129. The minimum atomic E-state index is -0.129. The van der Waals surface area contributed by atoms with Gasteiger partial charge in [0, 0.05) is 13.5 Å². The lowest BCUT2D eigenvalue weighted by atomic mass is 9.79. The van der Waals surface area contributed by atoms with E-state index in [1.165, 1.54) is 0 Å². The van der Waals surface area contributed by atoms with Crippen LogP contribution in [0.3, 0.4) is 0 Å². The van der Waals surface area contributed by atoms with Crippen LogP contribution in [0.2, 0.25) is 5.15 Å². The van der Waals surface area contributed by atoms with Gasteiger partial charge < -0.3 is 9.67 Å². The number of hydrogen-bond donors (Lipinski definition) is 1. The second-order valence-corrected chi connectivity index (χ2v) is 4.05.